The van der Waals surface area contributed by atoms with Crippen molar-refractivity contribution in [1.82, 2.24) is 4.90 Å². The van der Waals surface area contributed by atoms with Gasteiger partial charge in [-0.05, 0) is 12.8 Å². The summed E-state index contributed by atoms with van der Waals surface area (Å²) in [6.45, 7) is 10.0. The van der Waals surface area contributed by atoms with Crippen molar-refractivity contribution in [3.05, 3.63) is 0 Å². The van der Waals surface area contributed by atoms with Crippen molar-refractivity contribution in [2.75, 3.05) is 18.8 Å². The first-order chi connectivity index (χ1) is 7.43. The summed E-state index contributed by atoms with van der Waals surface area (Å²) in [7, 11) is 0. The molecule has 94 valence electrons. The Morgan fingerprint density at radius 2 is 2.00 bits per heavy atom. The van der Waals surface area contributed by atoms with Crippen LogP contribution in [0.5, 0.6) is 0 Å². The van der Waals surface area contributed by atoms with Crippen molar-refractivity contribution in [2.24, 2.45) is 17.6 Å². The molecule has 0 aromatic heterocycles. The van der Waals surface area contributed by atoms with Crippen LogP contribution in [0, 0.1) is 11.8 Å². The average Bonchev–Trinajstić information content (AvgIpc) is 2.27. The smallest absolute Gasteiger partial charge is 0.227 e. The van der Waals surface area contributed by atoms with Crippen LogP contribution in [0.2, 0.25) is 0 Å². The van der Waals surface area contributed by atoms with Crippen LogP contribution in [0.15, 0.2) is 0 Å². The molecule has 1 amide bonds. The lowest BCUT2D eigenvalue weighted by Gasteiger charge is -2.36. The van der Waals surface area contributed by atoms with E-state index in [1.54, 1.807) is 0 Å². The molecule has 1 rings (SSSR count). The molecule has 1 heterocycles. The van der Waals surface area contributed by atoms with Crippen LogP contribution in [0.4, 0.5) is 0 Å². The molecule has 1 fully saturated rings. The van der Waals surface area contributed by atoms with Gasteiger partial charge in [-0.25, -0.2) is 0 Å². The summed E-state index contributed by atoms with van der Waals surface area (Å²) in [4.78, 5) is 14.1. The Kier molecular flexibility index (Phi) is 5.12. The van der Waals surface area contributed by atoms with Crippen LogP contribution in [0.25, 0.3) is 0 Å². The van der Waals surface area contributed by atoms with E-state index < -0.39 is 0 Å². The lowest BCUT2D eigenvalue weighted by molar-refractivity contribution is -0.135. The molecule has 16 heavy (non-hydrogen) atoms. The van der Waals surface area contributed by atoms with E-state index in [1.165, 1.54) is 0 Å². The second kappa shape index (κ2) is 5.92. The molecule has 0 radical (unpaired) electrons. The minimum absolute atomic E-state index is 0.0559. The minimum Gasteiger partial charge on any atom is -0.340 e. The predicted molar refractivity (Wildman–Crippen MR) is 70.5 cm³/mol. The zero-order valence-electron chi connectivity index (χ0n) is 10.8. The van der Waals surface area contributed by atoms with Crippen molar-refractivity contribution in [3.8, 4) is 0 Å². The molecule has 0 spiro atoms. The average molecular weight is 244 g/mol. The highest BCUT2D eigenvalue weighted by molar-refractivity contribution is 8.00. The fourth-order valence-corrected chi connectivity index (χ4v) is 3.09. The summed E-state index contributed by atoms with van der Waals surface area (Å²) in [5.74, 6) is 1.85. The molecule has 0 saturated carbocycles. The number of thioether (sulfide) groups is 1. The second-order valence-corrected chi connectivity index (χ2v) is 6.43. The lowest BCUT2D eigenvalue weighted by atomic mass is 10.0. The van der Waals surface area contributed by atoms with Gasteiger partial charge in [0.2, 0.25) is 5.91 Å². The fourth-order valence-electron chi connectivity index (χ4n) is 1.79. The molecular formula is C12H24N2OS. The maximum atomic E-state index is 12.1. The van der Waals surface area contributed by atoms with E-state index in [0.29, 0.717) is 11.2 Å². The molecule has 3 atom stereocenters. The van der Waals surface area contributed by atoms with Crippen molar-refractivity contribution in [3.63, 3.8) is 0 Å². The molecule has 4 heteroatoms. The van der Waals surface area contributed by atoms with Gasteiger partial charge in [0, 0.05) is 30.1 Å². The first-order valence-corrected chi connectivity index (χ1v) is 7.14. The first kappa shape index (κ1) is 13.8. The van der Waals surface area contributed by atoms with Gasteiger partial charge in [-0.1, -0.05) is 20.8 Å². The Hall–Kier alpha value is -0.220. The van der Waals surface area contributed by atoms with Gasteiger partial charge < -0.3 is 10.6 Å². The van der Waals surface area contributed by atoms with Gasteiger partial charge >= 0.3 is 0 Å². The van der Waals surface area contributed by atoms with Crippen LogP contribution in [0.3, 0.4) is 0 Å². The summed E-state index contributed by atoms with van der Waals surface area (Å²) < 4.78 is 0. The number of hydrogen-bond acceptors (Lipinski definition) is 3. The highest BCUT2D eigenvalue weighted by atomic mass is 32.2. The molecular weight excluding hydrogens is 220 g/mol. The van der Waals surface area contributed by atoms with Gasteiger partial charge in [0.25, 0.3) is 0 Å². The summed E-state index contributed by atoms with van der Waals surface area (Å²) in [6.07, 6.45) is 0. The van der Waals surface area contributed by atoms with E-state index in [4.69, 9.17) is 5.73 Å². The van der Waals surface area contributed by atoms with Crippen molar-refractivity contribution < 1.29 is 4.79 Å². The van der Waals surface area contributed by atoms with E-state index >= 15 is 0 Å². The Bertz CT molecular complexity index is 243. The van der Waals surface area contributed by atoms with E-state index in [2.05, 4.69) is 13.8 Å². The van der Waals surface area contributed by atoms with Crippen LogP contribution in [-0.2, 0) is 4.79 Å². The fraction of sp³-hybridized carbons (Fsp3) is 0.917. The lowest BCUT2D eigenvalue weighted by Crippen LogP contribution is -2.48. The molecule has 0 bridgehead atoms. The minimum atomic E-state index is -0.0593. The van der Waals surface area contributed by atoms with E-state index in [-0.39, 0.29) is 17.9 Å². The molecule has 1 saturated heterocycles. The van der Waals surface area contributed by atoms with Gasteiger partial charge in [0.05, 0.1) is 5.92 Å². The molecule has 3 unspecified atom stereocenters. The number of hydrogen-bond donors (Lipinski definition) is 1. The molecule has 2 N–H and O–H groups in total. The molecule has 1 aliphatic heterocycles. The van der Waals surface area contributed by atoms with Gasteiger partial charge in [0.1, 0.15) is 0 Å². The maximum absolute atomic E-state index is 12.1. The highest BCUT2D eigenvalue weighted by Crippen LogP contribution is 2.25. The maximum Gasteiger partial charge on any atom is 0.227 e. The summed E-state index contributed by atoms with van der Waals surface area (Å²) in [5.41, 5.74) is 5.79. The second-order valence-electron chi connectivity index (χ2n) is 5.09. The number of rotatable bonds is 3. The predicted octanol–water partition coefficient (Wildman–Crippen LogP) is 1.57. The van der Waals surface area contributed by atoms with Crippen molar-refractivity contribution in [2.45, 2.75) is 39.0 Å². The molecule has 0 aromatic rings. The van der Waals surface area contributed by atoms with Gasteiger partial charge in [-0.15, -0.1) is 0 Å². The Morgan fingerprint density at radius 3 is 2.50 bits per heavy atom. The van der Waals surface area contributed by atoms with Gasteiger partial charge in [-0.2, -0.15) is 11.8 Å². The van der Waals surface area contributed by atoms with E-state index in [9.17, 15) is 4.79 Å². The Balaban J connectivity index is 2.56. The quantitative estimate of drug-likeness (QED) is 0.820. The zero-order valence-corrected chi connectivity index (χ0v) is 11.6. The number of nitrogens with zero attached hydrogens (tertiary/aromatic N) is 1. The van der Waals surface area contributed by atoms with Crippen molar-refractivity contribution in [1.29, 1.82) is 0 Å². The Morgan fingerprint density at radius 1 is 1.38 bits per heavy atom. The van der Waals surface area contributed by atoms with Gasteiger partial charge in [0.15, 0.2) is 0 Å². The summed E-state index contributed by atoms with van der Waals surface area (Å²) >= 11 is 1.99. The SMILES string of the molecule is CC(C)C1CN(C(=O)C(C)C(C)N)CCS1. The molecule has 3 nitrogen and oxygen atoms in total. The van der Waals surface area contributed by atoms with Crippen molar-refractivity contribution >= 4 is 17.7 Å². The number of carbonyl (C=O) groups is 1. The Labute approximate surface area is 103 Å². The summed E-state index contributed by atoms with van der Waals surface area (Å²) in [5, 5.41) is 0.581. The largest absolute Gasteiger partial charge is 0.340 e. The number of amides is 1. The molecule has 0 aliphatic carbocycles. The third-order valence-electron chi connectivity index (χ3n) is 3.33. The summed E-state index contributed by atoms with van der Waals surface area (Å²) in [6, 6.07) is -0.0559. The van der Waals surface area contributed by atoms with Crippen LogP contribution in [-0.4, -0.2) is 40.9 Å². The van der Waals surface area contributed by atoms with Crippen LogP contribution in [0.1, 0.15) is 27.7 Å². The first-order valence-electron chi connectivity index (χ1n) is 6.09. The third kappa shape index (κ3) is 3.39. The third-order valence-corrected chi connectivity index (χ3v) is 4.87. The number of carbonyl (C=O) groups excluding carboxylic acids is 1. The van der Waals surface area contributed by atoms with Gasteiger partial charge in [-0.3, -0.25) is 4.79 Å². The standard InChI is InChI=1S/C12H24N2OS/c1-8(2)11-7-14(5-6-16-11)12(15)9(3)10(4)13/h8-11H,5-7,13H2,1-4H3. The molecule has 0 aromatic carbocycles. The van der Waals surface area contributed by atoms with Crippen LogP contribution < -0.4 is 5.73 Å². The topological polar surface area (TPSA) is 46.3 Å². The van der Waals surface area contributed by atoms with Crippen LogP contribution >= 0.6 is 11.8 Å². The monoisotopic (exact) mass is 244 g/mol. The van der Waals surface area contributed by atoms with E-state index in [0.717, 1.165) is 18.8 Å². The zero-order chi connectivity index (χ0) is 12.3. The highest BCUT2D eigenvalue weighted by Gasteiger charge is 2.29. The molecule has 1 aliphatic rings. The normalized spacial score (nSPS) is 25.6. The van der Waals surface area contributed by atoms with E-state index in [1.807, 2.05) is 30.5 Å². The number of nitrogens with two attached hydrogens (primary N) is 1.